The second-order valence-corrected chi connectivity index (χ2v) is 8.83. The van der Waals surface area contributed by atoms with Crippen molar-refractivity contribution in [1.82, 2.24) is 5.32 Å². The molecule has 0 spiro atoms. The van der Waals surface area contributed by atoms with Gasteiger partial charge in [0.05, 0.1) is 17.7 Å². The highest BCUT2D eigenvalue weighted by molar-refractivity contribution is 6.46. The summed E-state index contributed by atoms with van der Waals surface area (Å²) in [4.78, 5) is 23.3. The first-order valence-electron chi connectivity index (χ1n) is 9.89. The van der Waals surface area contributed by atoms with E-state index in [1.807, 2.05) is 0 Å². The first-order valence-corrected chi connectivity index (χ1v) is 9.89. The lowest BCUT2D eigenvalue weighted by atomic mass is 9.68. The number of aldehydes is 1. The number of hydrogen-bond acceptors (Lipinski definition) is 5. The van der Waals surface area contributed by atoms with E-state index in [0.717, 1.165) is 25.7 Å². The van der Waals surface area contributed by atoms with Crippen LogP contribution < -0.4 is 5.32 Å². The van der Waals surface area contributed by atoms with E-state index in [2.05, 4.69) is 26.1 Å². The Morgan fingerprint density at radius 3 is 2.58 bits per heavy atom. The molecule has 0 aromatic carbocycles. The molecule has 1 heterocycles. The third-order valence-corrected chi connectivity index (χ3v) is 5.70. The van der Waals surface area contributed by atoms with Crippen LogP contribution in [0.4, 0.5) is 4.79 Å². The molecular weight excluding hydrogens is 333 g/mol. The van der Waals surface area contributed by atoms with Gasteiger partial charge in [0.15, 0.2) is 0 Å². The molecule has 1 N–H and O–H groups in total. The van der Waals surface area contributed by atoms with Crippen LogP contribution in [0.2, 0.25) is 6.32 Å². The standard InChI is InChI=1S/C19H34BNO5/c1-7-13-9-14(8-2)19(6)16(10-13)25-20(26-19)11-15(12-22)21-17(23)24-18(3,4)5/h12-16H,7-11H2,1-6H3,(H,21,23)/t13-,14+,15+,16+,19-/m1/s1. The van der Waals surface area contributed by atoms with Crippen LogP contribution in [-0.2, 0) is 18.8 Å². The summed E-state index contributed by atoms with van der Waals surface area (Å²) in [6.45, 7) is 11.9. The zero-order valence-corrected chi connectivity index (χ0v) is 17.0. The Morgan fingerprint density at radius 1 is 1.35 bits per heavy atom. The van der Waals surface area contributed by atoms with Gasteiger partial charge < -0.3 is 24.2 Å². The van der Waals surface area contributed by atoms with Gasteiger partial charge in [0.25, 0.3) is 0 Å². The molecule has 2 fully saturated rings. The van der Waals surface area contributed by atoms with Gasteiger partial charge in [-0.05, 0) is 52.4 Å². The predicted octanol–water partition coefficient (Wildman–Crippen LogP) is 3.59. The summed E-state index contributed by atoms with van der Waals surface area (Å²) in [6.07, 6.45) is 4.80. The Hall–Kier alpha value is -1.08. The number of alkyl carbamates (subject to hydrolysis) is 1. The Bertz CT molecular complexity index is 509. The van der Waals surface area contributed by atoms with Gasteiger partial charge in [-0.25, -0.2) is 4.79 Å². The Kier molecular flexibility index (Phi) is 6.78. The zero-order valence-electron chi connectivity index (χ0n) is 17.0. The fourth-order valence-electron chi connectivity index (χ4n) is 4.21. The summed E-state index contributed by atoms with van der Waals surface area (Å²) >= 11 is 0. The van der Waals surface area contributed by atoms with E-state index in [1.54, 1.807) is 20.8 Å². The van der Waals surface area contributed by atoms with Crippen LogP contribution in [0.15, 0.2) is 0 Å². The molecule has 0 bridgehead atoms. The number of hydrogen-bond donors (Lipinski definition) is 1. The summed E-state index contributed by atoms with van der Waals surface area (Å²) in [5.41, 5.74) is -0.922. The van der Waals surface area contributed by atoms with Crippen molar-refractivity contribution >= 4 is 19.5 Å². The van der Waals surface area contributed by atoms with Crippen molar-refractivity contribution in [3.63, 3.8) is 0 Å². The average molecular weight is 367 g/mol. The molecule has 148 valence electrons. The molecule has 0 aromatic rings. The van der Waals surface area contributed by atoms with Crippen LogP contribution in [0, 0.1) is 11.8 Å². The highest BCUT2D eigenvalue weighted by Crippen LogP contribution is 2.48. The molecule has 1 saturated carbocycles. The summed E-state index contributed by atoms with van der Waals surface area (Å²) in [7, 11) is -0.486. The molecule has 1 aliphatic heterocycles. The van der Waals surface area contributed by atoms with Crippen molar-refractivity contribution in [2.24, 2.45) is 11.8 Å². The van der Waals surface area contributed by atoms with E-state index >= 15 is 0 Å². The number of fused-ring (bicyclic) bond motifs is 1. The maximum atomic E-state index is 11.9. The molecule has 5 atom stereocenters. The maximum Gasteiger partial charge on any atom is 0.460 e. The van der Waals surface area contributed by atoms with Crippen molar-refractivity contribution in [2.45, 2.75) is 96.9 Å². The third kappa shape index (κ3) is 5.00. The summed E-state index contributed by atoms with van der Waals surface area (Å²) in [5, 5.41) is 2.60. The van der Waals surface area contributed by atoms with Gasteiger partial charge in [0, 0.05) is 6.32 Å². The van der Waals surface area contributed by atoms with Crippen molar-refractivity contribution in [2.75, 3.05) is 0 Å². The first kappa shape index (κ1) is 21.2. The van der Waals surface area contributed by atoms with E-state index in [9.17, 15) is 9.59 Å². The van der Waals surface area contributed by atoms with Gasteiger partial charge >= 0.3 is 13.2 Å². The number of rotatable bonds is 6. The monoisotopic (exact) mass is 367 g/mol. The molecule has 7 heteroatoms. The van der Waals surface area contributed by atoms with Crippen LogP contribution in [0.25, 0.3) is 0 Å². The molecule has 1 saturated heterocycles. The summed E-state index contributed by atoms with van der Waals surface area (Å²) in [6, 6.07) is -0.694. The fraction of sp³-hybridized carbons (Fsp3) is 0.895. The van der Waals surface area contributed by atoms with Gasteiger partial charge in [0.2, 0.25) is 0 Å². The van der Waals surface area contributed by atoms with Crippen LogP contribution in [-0.4, -0.2) is 42.8 Å². The topological polar surface area (TPSA) is 73.9 Å². The molecule has 0 aromatic heterocycles. The quantitative estimate of drug-likeness (QED) is 0.574. The Morgan fingerprint density at radius 2 is 2.04 bits per heavy atom. The van der Waals surface area contributed by atoms with Crippen LogP contribution in [0.3, 0.4) is 0 Å². The highest BCUT2D eigenvalue weighted by atomic mass is 16.7. The highest BCUT2D eigenvalue weighted by Gasteiger charge is 2.55. The SMILES string of the molecule is CC[C@@H]1C[C@H](CC)[C@@]2(C)OB(C[C@@H](C=O)NC(=O)OC(C)(C)C)O[C@H]2C1. The second-order valence-electron chi connectivity index (χ2n) is 8.83. The van der Waals surface area contributed by atoms with Crippen LogP contribution >= 0.6 is 0 Å². The van der Waals surface area contributed by atoms with Gasteiger partial charge in [-0.2, -0.15) is 0 Å². The zero-order chi connectivity index (χ0) is 19.5. The van der Waals surface area contributed by atoms with Gasteiger partial charge in [-0.1, -0.05) is 26.7 Å². The largest absolute Gasteiger partial charge is 0.460 e. The number of carbonyl (C=O) groups excluding carboxylic acids is 2. The van der Waals surface area contributed by atoms with Crippen LogP contribution in [0.5, 0.6) is 0 Å². The number of ether oxygens (including phenoxy) is 1. The average Bonchev–Trinajstić information content (AvgIpc) is 2.86. The van der Waals surface area contributed by atoms with Crippen molar-refractivity contribution < 1.29 is 23.6 Å². The van der Waals surface area contributed by atoms with Crippen molar-refractivity contribution in [1.29, 1.82) is 0 Å². The Labute approximate surface area is 157 Å². The lowest BCUT2D eigenvalue weighted by molar-refractivity contribution is -0.109. The van der Waals surface area contributed by atoms with E-state index in [1.165, 1.54) is 0 Å². The molecule has 6 nitrogen and oxygen atoms in total. The van der Waals surface area contributed by atoms with Crippen LogP contribution in [0.1, 0.15) is 67.2 Å². The summed E-state index contributed by atoms with van der Waals surface area (Å²) in [5.74, 6) is 1.10. The minimum Gasteiger partial charge on any atom is -0.444 e. The normalized spacial score (nSPS) is 32.7. The molecule has 0 radical (unpaired) electrons. The van der Waals surface area contributed by atoms with Crippen molar-refractivity contribution in [3.8, 4) is 0 Å². The lowest BCUT2D eigenvalue weighted by Crippen LogP contribution is -2.49. The Balaban J connectivity index is 1.98. The minimum atomic E-state index is -0.694. The first-order chi connectivity index (χ1) is 12.1. The van der Waals surface area contributed by atoms with E-state index in [4.69, 9.17) is 14.0 Å². The van der Waals surface area contributed by atoms with Gasteiger partial charge in [-0.3, -0.25) is 0 Å². The minimum absolute atomic E-state index is 0.0463. The van der Waals surface area contributed by atoms with Crippen molar-refractivity contribution in [3.05, 3.63) is 0 Å². The second kappa shape index (κ2) is 8.30. The fourth-order valence-corrected chi connectivity index (χ4v) is 4.21. The predicted molar refractivity (Wildman–Crippen MR) is 101 cm³/mol. The molecule has 1 amide bonds. The summed E-state index contributed by atoms with van der Waals surface area (Å²) < 4.78 is 17.7. The lowest BCUT2D eigenvalue weighted by Gasteiger charge is -2.45. The molecule has 0 unspecified atom stereocenters. The molecule has 2 rings (SSSR count). The molecular formula is C19H34BNO5. The number of nitrogens with one attached hydrogen (secondary N) is 1. The van der Waals surface area contributed by atoms with E-state index < -0.39 is 24.9 Å². The third-order valence-electron chi connectivity index (χ3n) is 5.70. The van der Waals surface area contributed by atoms with E-state index in [-0.39, 0.29) is 11.7 Å². The molecule has 2 aliphatic rings. The molecule has 26 heavy (non-hydrogen) atoms. The van der Waals surface area contributed by atoms with Gasteiger partial charge in [-0.15, -0.1) is 0 Å². The number of carbonyl (C=O) groups is 2. The van der Waals surface area contributed by atoms with E-state index in [0.29, 0.717) is 24.4 Å². The maximum absolute atomic E-state index is 11.9. The molecule has 1 aliphatic carbocycles. The van der Waals surface area contributed by atoms with Gasteiger partial charge in [0.1, 0.15) is 11.9 Å². The smallest absolute Gasteiger partial charge is 0.444 e. The number of amides is 1.